The molecule has 1 N–H and O–H groups in total. The maximum atomic E-state index is 11.7. The second-order valence-electron chi connectivity index (χ2n) is 4.48. The Bertz CT molecular complexity index is 364. The number of hydrogen-bond donors (Lipinski definition) is 1. The minimum atomic E-state index is -0.315. The molecule has 0 aliphatic heterocycles. The van der Waals surface area contributed by atoms with Gasteiger partial charge in [0.2, 0.25) is 0 Å². The van der Waals surface area contributed by atoms with Crippen LogP contribution in [0.2, 0.25) is 0 Å². The number of nitrogens with one attached hydrogen (secondary N) is 1. The van der Waals surface area contributed by atoms with Crippen molar-refractivity contribution in [3.05, 3.63) is 35.9 Å². The number of carbonyl (C=O) groups excluding carboxylic acids is 1. The molecule has 3 heteroatoms. The van der Waals surface area contributed by atoms with Crippen LogP contribution in [0.25, 0.3) is 0 Å². The highest BCUT2D eigenvalue weighted by Gasteiger charge is 2.32. The van der Waals surface area contributed by atoms with E-state index in [9.17, 15) is 4.79 Å². The lowest BCUT2D eigenvalue weighted by Gasteiger charge is -2.33. The maximum Gasteiger partial charge on any atom is 0.307 e. The van der Waals surface area contributed by atoms with E-state index >= 15 is 0 Å². The summed E-state index contributed by atoms with van der Waals surface area (Å²) in [4.78, 5) is 11.7. The van der Waals surface area contributed by atoms with Crippen LogP contribution in [0.1, 0.15) is 38.7 Å². The fraction of sp³-hybridized carbons (Fsp3) is 0.533. The van der Waals surface area contributed by atoms with Gasteiger partial charge in [0.05, 0.1) is 19.1 Å². The molecule has 18 heavy (non-hydrogen) atoms. The molecular formula is C15H23NO2. The molecular weight excluding hydrogens is 226 g/mol. The highest BCUT2D eigenvalue weighted by molar-refractivity contribution is 5.71. The van der Waals surface area contributed by atoms with Crippen molar-refractivity contribution in [2.45, 2.75) is 38.6 Å². The minimum absolute atomic E-state index is 0.177. The van der Waals surface area contributed by atoms with E-state index < -0.39 is 0 Å². The van der Waals surface area contributed by atoms with Gasteiger partial charge in [-0.15, -0.1) is 0 Å². The number of rotatable bonds is 7. The van der Waals surface area contributed by atoms with Crippen LogP contribution >= 0.6 is 0 Å². The number of carbonyl (C=O) groups is 1. The molecule has 3 nitrogen and oxygen atoms in total. The minimum Gasteiger partial charge on any atom is -0.469 e. The summed E-state index contributed by atoms with van der Waals surface area (Å²) >= 11 is 0. The van der Waals surface area contributed by atoms with E-state index in [0.29, 0.717) is 6.42 Å². The summed E-state index contributed by atoms with van der Waals surface area (Å²) in [6.07, 6.45) is 2.26. The van der Waals surface area contributed by atoms with Gasteiger partial charge in [-0.3, -0.25) is 4.79 Å². The van der Waals surface area contributed by atoms with E-state index in [0.717, 1.165) is 24.9 Å². The predicted molar refractivity (Wildman–Crippen MR) is 73.3 cm³/mol. The topological polar surface area (TPSA) is 38.3 Å². The zero-order valence-corrected chi connectivity index (χ0v) is 11.5. The maximum absolute atomic E-state index is 11.7. The van der Waals surface area contributed by atoms with Crippen molar-refractivity contribution in [3.8, 4) is 0 Å². The van der Waals surface area contributed by atoms with Crippen molar-refractivity contribution in [1.82, 2.24) is 5.32 Å². The van der Waals surface area contributed by atoms with E-state index in [2.05, 4.69) is 31.3 Å². The summed E-state index contributed by atoms with van der Waals surface area (Å²) < 4.78 is 4.83. The third-order valence-electron chi connectivity index (χ3n) is 3.32. The van der Waals surface area contributed by atoms with Gasteiger partial charge in [0, 0.05) is 0 Å². The molecule has 0 aliphatic carbocycles. The summed E-state index contributed by atoms with van der Waals surface area (Å²) in [5.74, 6) is -0.177. The molecule has 0 heterocycles. The van der Waals surface area contributed by atoms with Crippen LogP contribution in [0.4, 0.5) is 0 Å². The second kappa shape index (κ2) is 7.17. The van der Waals surface area contributed by atoms with Crippen LogP contribution in [0.5, 0.6) is 0 Å². The van der Waals surface area contributed by atoms with Crippen molar-refractivity contribution in [2.24, 2.45) is 0 Å². The SMILES string of the molecule is CCCNC(CC)(CC(=O)OC)c1ccccc1. The van der Waals surface area contributed by atoms with Crippen LogP contribution in [-0.4, -0.2) is 19.6 Å². The summed E-state index contributed by atoms with van der Waals surface area (Å²) in [6.45, 7) is 5.11. The quantitative estimate of drug-likeness (QED) is 0.755. The lowest BCUT2D eigenvalue weighted by atomic mass is 9.84. The number of esters is 1. The Morgan fingerprint density at radius 3 is 2.44 bits per heavy atom. The Labute approximate surface area is 110 Å². The first-order chi connectivity index (χ1) is 8.68. The first kappa shape index (κ1) is 14.7. The molecule has 1 aromatic carbocycles. The summed E-state index contributed by atoms with van der Waals surface area (Å²) in [5.41, 5.74) is 0.830. The van der Waals surface area contributed by atoms with Crippen molar-refractivity contribution < 1.29 is 9.53 Å². The summed E-state index contributed by atoms with van der Waals surface area (Å²) in [6, 6.07) is 10.1. The van der Waals surface area contributed by atoms with Crippen LogP contribution in [0.15, 0.2) is 30.3 Å². The second-order valence-corrected chi connectivity index (χ2v) is 4.48. The number of ether oxygens (including phenoxy) is 1. The molecule has 0 aliphatic rings. The van der Waals surface area contributed by atoms with Crippen LogP contribution in [0, 0.1) is 0 Å². The Balaban J connectivity index is 3.01. The molecule has 1 aromatic rings. The average molecular weight is 249 g/mol. The van der Waals surface area contributed by atoms with Crippen molar-refractivity contribution in [2.75, 3.05) is 13.7 Å². The van der Waals surface area contributed by atoms with Gasteiger partial charge >= 0.3 is 5.97 Å². The fourth-order valence-corrected chi connectivity index (χ4v) is 2.16. The van der Waals surface area contributed by atoms with Crippen molar-refractivity contribution in [1.29, 1.82) is 0 Å². The van der Waals surface area contributed by atoms with Gasteiger partial charge < -0.3 is 10.1 Å². The monoisotopic (exact) mass is 249 g/mol. The van der Waals surface area contributed by atoms with E-state index in [-0.39, 0.29) is 11.5 Å². The van der Waals surface area contributed by atoms with Gasteiger partial charge in [-0.05, 0) is 24.9 Å². The summed E-state index contributed by atoms with van der Waals surface area (Å²) in [5, 5.41) is 3.51. The highest BCUT2D eigenvalue weighted by atomic mass is 16.5. The van der Waals surface area contributed by atoms with E-state index in [1.807, 2.05) is 18.2 Å². The third-order valence-corrected chi connectivity index (χ3v) is 3.32. The fourth-order valence-electron chi connectivity index (χ4n) is 2.16. The molecule has 1 rings (SSSR count). The van der Waals surface area contributed by atoms with Crippen molar-refractivity contribution >= 4 is 5.97 Å². The zero-order chi connectivity index (χ0) is 13.4. The van der Waals surface area contributed by atoms with Gasteiger partial charge in [-0.2, -0.15) is 0 Å². The molecule has 0 fully saturated rings. The van der Waals surface area contributed by atoms with E-state index in [4.69, 9.17) is 4.74 Å². The molecule has 0 radical (unpaired) electrons. The molecule has 1 unspecified atom stereocenters. The molecule has 0 spiro atoms. The van der Waals surface area contributed by atoms with Gasteiger partial charge in [0.25, 0.3) is 0 Å². The Morgan fingerprint density at radius 1 is 1.28 bits per heavy atom. The van der Waals surface area contributed by atoms with Gasteiger partial charge in [0.15, 0.2) is 0 Å². The van der Waals surface area contributed by atoms with E-state index in [1.165, 1.54) is 7.11 Å². The molecule has 0 bridgehead atoms. The Morgan fingerprint density at radius 2 is 1.94 bits per heavy atom. The van der Waals surface area contributed by atoms with Gasteiger partial charge in [0.1, 0.15) is 0 Å². The van der Waals surface area contributed by atoms with E-state index in [1.54, 1.807) is 0 Å². The molecule has 1 atom stereocenters. The standard InChI is InChI=1S/C15H23NO2/c1-4-11-16-15(5-2,12-14(17)18-3)13-9-7-6-8-10-13/h6-10,16H,4-5,11-12H2,1-3H3. The summed E-state index contributed by atoms with van der Waals surface area (Å²) in [7, 11) is 1.44. The zero-order valence-electron chi connectivity index (χ0n) is 11.5. The molecule has 0 amide bonds. The number of methoxy groups -OCH3 is 1. The average Bonchev–Trinajstić information content (AvgIpc) is 2.44. The first-order valence-electron chi connectivity index (χ1n) is 6.56. The lowest BCUT2D eigenvalue weighted by Crippen LogP contribution is -2.44. The first-order valence-corrected chi connectivity index (χ1v) is 6.56. The van der Waals surface area contributed by atoms with Gasteiger partial charge in [-0.1, -0.05) is 44.2 Å². The Kier molecular flexibility index (Phi) is 5.86. The third kappa shape index (κ3) is 3.57. The van der Waals surface area contributed by atoms with Crippen LogP contribution < -0.4 is 5.32 Å². The van der Waals surface area contributed by atoms with Crippen LogP contribution in [0.3, 0.4) is 0 Å². The number of hydrogen-bond acceptors (Lipinski definition) is 3. The molecule has 0 aromatic heterocycles. The van der Waals surface area contributed by atoms with Crippen molar-refractivity contribution in [3.63, 3.8) is 0 Å². The largest absolute Gasteiger partial charge is 0.469 e. The molecule has 0 saturated carbocycles. The molecule has 0 saturated heterocycles. The normalized spacial score (nSPS) is 13.9. The van der Waals surface area contributed by atoms with Crippen LogP contribution in [-0.2, 0) is 15.1 Å². The van der Waals surface area contributed by atoms with Gasteiger partial charge in [-0.25, -0.2) is 0 Å². The number of benzene rings is 1. The highest BCUT2D eigenvalue weighted by Crippen LogP contribution is 2.29. The lowest BCUT2D eigenvalue weighted by molar-refractivity contribution is -0.142. The molecule has 100 valence electrons. The Hall–Kier alpha value is -1.35. The predicted octanol–water partition coefficient (Wildman–Crippen LogP) is 2.85. The smallest absolute Gasteiger partial charge is 0.307 e.